The number of rotatable bonds is 12. The van der Waals surface area contributed by atoms with E-state index in [4.69, 9.17) is 18.9 Å². The molecule has 0 amide bonds. The number of carbonyl (C=O) groups excluding carboxylic acids is 1. The van der Waals surface area contributed by atoms with E-state index in [-0.39, 0.29) is 5.97 Å². The Morgan fingerprint density at radius 2 is 1.61 bits per heavy atom. The van der Waals surface area contributed by atoms with Crippen molar-refractivity contribution in [2.75, 3.05) is 46.8 Å². The lowest BCUT2D eigenvalue weighted by molar-refractivity contribution is -0.145. The number of hydrogen-bond acceptors (Lipinski definition) is 5. The molecule has 0 N–H and O–H groups in total. The maximum absolute atomic E-state index is 11.2. The topological polar surface area (TPSA) is 54.0 Å². The number of ether oxygens (including phenoxy) is 4. The Morgan fingerprint density at radius 1 is 1.00 bits per heavy atom. The molecule has 0 heterocycles. The molecule has 0 unspecified atom stereocenters. The third kappa shape index (κ3) is 13.4. The molecule has 108 valence electrons. The van der Waals surface area contributed by atoms with Crippen LogP contribution in [-0.4, -0.2) is 52.7 Å². The third-order valence-electron chi connectivity index (χ3n) is 2.05. The van der Waals surface area contributed by atoms with Crippen LogP contribution in [0.4, 0.5) is 0 Å². The van der Waals surface area contributed by atoms with Crippen LogP contribution in [-0.2, 0) is 23.7 Å². The van der Waals surface area contributed by atoms with Crippen LogP contribution < -0.4 is 0 Å². The van der Waals surface area contributed by atoms with Gasteiger partial charge in [0.2, 0.25) is 0 Å². The summed E-state index contributed by atoms with van der Waals surface area (Å²) in [5.41, 5.74) is 0. The molecule has 0 aromatic carbocycles. The van der Waals surface area contributed by atoms with Crippen LogP contribution in [0.25, 0.3) is 0 Å². The van der Waals surface area contributed by atoms with Crippen molar-refractivity contribution in [3.8, 4) is 0 Å². The van der Waals surface area contributed by atoms with Gasteiger partial charge in [0.05, 0.1) is 33.0 Å². The van der Waals surface area contributed by atoms with Crippen LogP contribution in [0, 0.1) is 5.92 Å². The smallest absolute Gasteiger partial charge is 0.305 e. The zero-order valence-electron chi connectivity index (χ0n) is 11.8. The van der Waals surface area contributed by atoms with Gasteiger partial charge in [0.25, 0.3) is 0 Å². The lowest BCUT2D eigenvalue weighted by Gasteiger charge is -2.07. The van der Waals surface area contributed by atoms with Gasteiger partial charge in [0, 0.05) is 20.1 Å². The Labute approximate surface area is 110 Å². The molecule has 0 aliphatic carbocycles. The number of methoxy groups -OCH3 is 1. The van der Waals surface area contributed by atoms with E-state index in [0.717, 1.165) is 0 Å². The molecular weight excluding hydrogens is 236 g/mol. The Kier molecular flexibility index (Phi) is 12.3. The predicted octanol–water partition coefficient (Wildman–Crippen LogP) is 1.65. The van der Waals surface area contributed by atoms with Crippen molar-refractivity contribution in [3.05, 3.63) is 0 Å². The van der Waals surface area contributed by atoms with Crippen molar-refractivity contribution >= 4 is 5.97 Å². The molecule has 0 bridgehead atoms. The molecule has 0 aliphatic heterocycles. The third-order valence-corrected chi connectivity index (χ3v) is 2.05. The lowest BCUT2D eigenvalue weighted by Crippen LogP contribution is -2.12. The summed E-state index contributed by atoms with van der Waals surface area (Å²) < 4.78 is 20.4. The van der Waals surface area contributed by atoms with Gasteiger partial charge in [0.15, 0.2) is 0 Å². The van der Waals surface area contributed by atoms with Gasteiger partial charge in [-0.05, 0) is 12.3 Å². The summed E-state index contributed by atoms with van der Waals surface area (Å²) in [6.45, 7) is 7.37. The van der Waals surface area contributed by atoms with Gasteiger partial charge in [-0.2, -0.15) is 0 Å². The minimum atomic E-state index is -0.149. The van der Waals surface area contributed by atoms with Crippen molar-refractivity contribution in [2.45, 2.75) is 26.7 Å². The SMILES string of the molecule is COCCOCCOCCCC(=O)OCC(C)C. The first-order chi connectivity index (χ1) is 8.66. The molecule has 5 nitrogen and oxygen atoms in total. The van der Waals surface area contributed by atoms with Crippen molar-refractivity contribution < 1.29 is 23.7 Å². The zero-order chi connectivity index (χ0) is 13.6. The number of hydrogen-bond donors (Lipinski definition) is 0. The van der Waals surface area contributed by atoms with Crippen LogP contribution in [0.2, 0.25) is 0 Å². The van der Waals surface area contributed by atoms with E-state index in [1.165, 1.54) is 0 Å². The average Bonchev–Trinajstić information content (AvgIpc) is 2.34. The van der Waals surface area contributed by atoms with Gasteiger partial charge in [-0.1, -0.05) is 13.8 Å². The maximum atomic E-state index is 11.2. The molecule has 0 atom stereocenters. The van der Waals surface area contributed by atoms with Gasteiger partial charge >= 0.3 is 5.97 Å². The molecule has 0 aliphatic rings. The molecule has 0 fully saturated rings. The van der Waals surface area contributed by atoms with Crippen LogP contribution in [0.3, 0.4) is 0 Å². The van der Waals surface area contributed by atoms with Crippen molar-refractivity contribution in [3.63, 3.8) is 0 Å². The van der Waals surface area contributed by atoms with Crippen LogP contribution in [0.5, 0.6) is 0 Å². The van der Waals surface area contributed by atoms with Gasteiger partial charge < -0.3 is 18.9 Å². The fraction of sp³-hybridized carbons (Fsp3) is 0.923. The van der Waals surface area contributed by atoms with E-state index in [1.54, 1.807) is 7.11 Å². The number of esters is 1. The highest BCUT2D eigenvalue weighted by atomic mass is 16.5. The summed E-state index contributed by atoms with van der Waals surface area (Å²) in [6.07, 6.45) is 1.10. The van der Waals surface area contributed by atoms with Crippen molar-refractivity contribution in [2.24, 2.45) is 5.92 Å². The fourth-order valence-electron chi connectivity index (χ4n) is 1.11. The average molecular weight is 262 g/mol. The standard InChI is InChI=1S/C13H26O5/c1-12(2)11-18-13(14)5-4-6-16-9-10-17-8-7-15-3/h12H,4-11H2,1-3H3. The summed E-state index contributed by atoms with van der Waals surface area (Å²) in [5, 5.41) is 0. The second kappa shape index (κ2) is 12.8. The fourth-order valence-corrected chi connectivity index (χ4v) is 1.11. The molecule has 5 heteroatoms. The van der Waals surface area contributed by atoms with Gasteiger partial charge in [0.1, 0.15) is 0 Å². The van der Waals surface area contributed by atoms with Crippen molar-refractivity contribution in [1.82, 2.24) is 0 Å². The summed E-state index contributed by atoms with van der Waals surface area (Å²) >= 11 is 0. The largest absolute Gasteiger partial charge is 0.465 e. The number of carbonyl (C=O) groups is 1. The van der Waals surface area contributed by atoms with Gasteiger partial charge in [-0.15, -0.1) is 0 Å². The van der Waals surface area contributed by atoms with E-state index in [0.29, 0.717) is 58.4 Å². The summed E-state index contributed by atoms with van der Waals surface area (Å²) in [5.74, 6) is 0.234. The quantitative estimate of drug-likeness (QED) is 0.395. The Balaban J connectivity index is 3.12. The van der Waals surface area contributed by atoms with Gasteiger partial charge in [-0.3, -0.25) is 4.79 Å². The summed E-state index contributed by atoms with van der Waals surface area (Å²) in [7, 11) is 1.64. The molecule has 0 saturated carbocycles. The first-order valence-corrected chi connectivity index (χ1v) is 6.47. The molecule has 0 radical (unpaired) electrons. The lowest BCUT2D eigenvalue weighted by atomic mass is 10.2. The minimum absolute atomic E-state index is 0.149. The van der Waals surface area contributed by atoms with E-state index in [2.05, 4.69) is 0 Å². The van der Waals surface area contributed by atoms with Crippen molar-refractivity contribution in [1.29, 1.82) is 0 Å². The van der Waals surface area contributed by atoms with E-state index < -0.39 is 0 Å². The minimum Gasteiger partial charge on any atom is -0.465 e. The molecule has 0 spiro atoms. The first-order valence-electron chi connectivity index (χ1n) is 6.47. The first kappa shape index (κ1) is 17.4. The molecule has 0 aromatic heterocycles. The normalized spacial score (nSPS) is 10.9. The molecule has 0 saturated heterocycles. The Hall–Kier alpha value is -0.650. The van der Waals surface area contributed by atoms with E-state index >= 15 is 0 Å². The van der Waals surface area contributed by atoms with Gasteiger partial charge in [-0.25, -0.2) is 0 Å². The Bertz CT molecular complexity index is 194. The van der Waals surface area contributed by atoms with Crippen LogP contribution >= 0.6 is 0 Å². The highest BCUT2D eigenvalue weighted by Crippen LogP contribution is 1.98. The molecule has 0 rings (SSSR count). The van der Waals surface area contributed by atoms with Crippen LogP contribution in [0.15, 0.2) is 0 Å². The van der Waals surface area contributed by atoms with E-state index in [1.807, 2.05) is 13.8 Å². The highest BCUT2D eigenvalue weighted by Gasteiger charge is 2.03. The Morgan fingerprint density at radius 3 is 2.22 bits per heavy atom. The summed E-state index contributed by atoms with van der Waals surface area (Å²) in [4.78, 5) is 11.2. The molecule has 18 heavy (non-hydrogen) atoms. The second-order valence-electron chi connectivity index (χ2n) is 4.40. The van der Waals surface area contributed by atoms with E-state index in [9.17, 15) is 4.79 Å². The zero-order valence-corrected chi connectivity index (χ0v) is 11.8. The second-order valence-corrected chi connectivity index (χ2v) is 4.40. The maximum Gasteiger partial charge on any atom is 0.305 e. The highest BCUT2D eigenvalue weighted by molar-refractivity contribution is 5.69. The summed E-state index contributed by atoms with van der Waals surface area (Å²) in [6, 6.07) is 0. The monoisotopic (exact) mass is 262 g/mol. The van der Waals surface area contributed by atoms with Crippen LogP contribution in [0.1, 0.15) is 26.7 Å². The predicted molar refractivity (Wildman–Crippen MR) is 68.5 cm³/mol. The molecular formula is C13H26O5. The molecule has 0 aromatic rings.